The number of nitrogens with one attached hydrogen (secondary N) is 1. The zero-order chi connectivity index (χ0) is 16.8. The van der Waals surface area contributed by atoms with Gasteiger partial charge in [0.15, 0.2) is 0 Å². The van der Waals surface area contributed by atoms with Gasteiger partial charge in [0.25, 0.3) is 0 Å². The third-order valence-corrected chi connectivity index (χ3v) is 4.50. The van der Waals surface area contributed by atoms with E-state index in [1.165, 1.54) is 5.56 Å². The highest BCUT2D eigenvalue weighted by Gasteiger charge is 2.20. The highest BCUT2D eigenvalue weighted by molar-refractivity contribution is 5.85. The van der Waals surface area contributed by atoms with Gasteiger partial charge in [0.05, 0.1) is 6.42 Å². The summed E-state index contributed by atoms with van der Waals surface area (Å²) in [6.45, 7) is 3.01. The van der Waals surface area contributed by atoms with Crippen LogP contribution in [0.1, 0.15) is 24.0 Å². The van der Waals surface area contributed by atoms with Crippen molar-refractivity contribution in [2.45, 2.75) is 31.8 Å². The first kappa shape index (κ1) is 19.3. The van der Waals surface area contributed by atoms with E-state index in [1.807, 2.05) is 6.07 Å². The number of carbonyl (C=O) groups is 1. The normalized spacial score (nSPS) is 15.4. The first-order valence-corrected chi connectivity index (χ1v) is 8.52. The standard InChI is InChI=1S/C20H24N2O2.ClH/c23-19-8-6-16(7-9-19)14-20(24)21-18-10-12-22(13-11-18)15-17-4-2-1-3-5-17;/h1-9,18,23H,10-15H2,(H,21,24);1H. The molecular weight excluding hydrogens is 336 g/mol. The van der Waals surface area contributed by atoms with E-state index in [2.05, 4.69) is 34.5 Å². The number of rotatable bonds is 5. The molecule has 4 nitrogen and oxygen atoms in total. The minimum Gasteiger partial charge on any atom is -0.508 e. The number of phenols is 1. The van der Waals surface area contributed by atoms with Crippen molar-refractivity contribution < 1.29 is 9.90 Å². The average molecular weight is 361 g/mol. The van der Waals surface area contributed by atoms with Gasteiger partial charge in [-0.1, -0.05) is 42.5 Å². The second-order valence-electron chi connectivity index (χ2n) is 6.45. The molecule has 5 heteroatoms. The van der Waals surface area contributed by atoms with Crippen molar-refractivity contribution in [1.82, 2.24) is 10.2 Å². The van der Waals surface area contributed by atoms with E-state index in [0.29, 0.717) is 6.42 Å². The third-order valence-electron chi connectivity index (χ3n) is 4.50. The molecule has 0 aliphatic carbocycles. The Morgan fingerprint density at radius 3 is 2.28 bits per heavy atom. The highest BCUT2D eigenvalue weighted by Crippen LogP contribution is 2.14. The second-order valence-corrected chi connectivity index (χ2v) is 6.45. The van der Waals surface area contributed by atoms with Gasteiger partial charge in [0.1, 0.15) is 5.75 Å². The molecule has 2 aromatic rings. The monoisotopic (exact) mass is 360 g/mol. The third kappa shape index (κ3) is 6.07. The number of carbonyl (C=O) groups excluding carboxylic acids is 1. The van der Waals surface area contributed by atoms with Crippen LogP contribution in [0.5, 0.6) is 5.75 Å². The van der Waals surface area contributed by atoms with Crippen LogP contribution in [0.25, 0.3) is 0 Å². The SMILES string of the molecule is Cl.O=C(Cc1ccc(O)cc1)NC1CCN(Cc2ccccc2)CC1. The summed E-state index contributed by atoms with van der Waals surface area (Å²) in [5.41, 5.74) is 2.26. The topological polar surface area (TPSA) is 52.6 Å². The molecule has 0 unspecified atom stereocenters. The Morgan fingerprint density at radius 1 is 1.00 bits per heavy atom. The number of aromatic hydroxyl groups is 1. The number of amides is 1. The van der Waals surface area contributed by atoms with Crippen LogP contribution in [0.15, 0.2) is 54.6 Å². The molecule has 0 saturated carbocycles. The Bertz CT molecular complexity index is 653. The van der Waals surface area contributed by atoms with Gasteiger partial charge in [-0.05, 0) is 36.1 Å². The van der Waals surface area contributed by atoms with E-state index >= 15 is 0 Å². The van der Waals surface area contributed by atoms with Crippen LogP contribution >= 0.6 is 12.4 Å². The molecule has 1 aliphatic heterocycles. The average Bonchev–Trinajstić information content (AvgIpc) is 2.60. The van der Waals surface area contributed by atoms with Crippen LogP contribution in [-0.2, 0) is 17.8 Å². The first-order valence-electron chi connectivity index (χ1n) is 8.52. The summed E-state index contributed by atoms with van der Waals surface area (Å²) in [6.07, 6.45) is 2.35. The van der Waals surface area contributed by atoms with Crippen molar-refractivity contribution in [1.29, 1.82) is 0 Å². The Kier molecular flexibility index (Phi) is 7.29. The van der Waals surface area contributed by atoms with Crippen molar-refractivity contribution in [3.8, 4) is 5.75 Å². The predicted molar refractivity (Wildman–Crippen MR) is 102 cm³/mol. The maximum absolute atomic E-state index is 12.2. The molecule has 134 valence electrons. The van der Waals surface area contributed by atoms with E-state index in [9.17, 15) is 9.90 Å². The zero-order valence-electron chi connectivity index (χ0n) is 14.2. The molecule has 0 radical (unpaired) electrons. The number of phenolic OH excluding ortho intramolecular Hbond substituents is 1. The fourth-order valence-corrected chi connectivity index (χ4v) is 3.15. The highest BCUT2D eigenvalue weighted by atomic mass is 35.5. The van der Waals surface area contributed by atoms with Crippen LogP contribution in [0.2, 0.25) is 0 Å². The van der Waals surface area contributed by atoms with Crippen molar-refractivity contribution in [2.24, 2.45) is 0 Å². The molecular formula is C20H25ClN2O2. The number of halogens is 1. The Balaban J connectivity index is 0.00000225. The summed E-state index contributed by atoms with van der Waals surface area (Å²) in [6, 6.07) is 17.6. The molecule has 1 aliphatic rings. The molecule has 0 spiro atoms. The Hall–Kier alpha value is -2.04. The lowest BCUT2D eigenvalue weighted by Gasteiger charge is -2.32. The van der Waals surface area contributed by atoms with Gasteiger partial charge in [-0.2, -0.15) is 0 Å². The minimum atomic E-state index is 0. The summed E-state index contributed by atoms with van der Waals surface area (Å²) < 4.78 is 0. The minimum absolute atomic E-state index is 0. The largest absolute Gasteiger partial charge is 0.508 e. The van der Waals surface area contributed by atoms with Crippen LogP contribution in [0.4, 0.5) is 0 Å². The fraction of sp³-hybridized carbons (Fsp3) is 0.350. The van der Waals surface area contributed by atoms with E-state index in [-0.39, 0.29) is 30.1 Å². The summed E-state index contributed by atoms with van der Waals surface area (Å²) in [7, 11) is 0. The predicted octanol–water partition coefficient (Wildman–Crippen LogP) is 3.14. The zero-order valence-corrected chi connectivity index (χ0v) is 15.0. The van der Waals surface area contributed by atoms with Crippen LogP contribution < -0.4 is 5.32 Å². The van der Waals surface area contributed by atoms with Crippen LogP contribution in [-0.4, -0.2) is 35.0 Å². The summed E-state index contributed by atoms with van der Waals surface area (Å²) in [5.74, 6) is 0.284. The summed E-state index contributed by atoms with van der Waals surface area (Å²) in [5, 5.41) is 12.4. The molecule has 1 heterocycles. The van der Waals surface area contributed by atoms with Gasteiger partial charge in [-0.25, -0.2) is 0 Å². The Labute approximate surface area is 155 Å². The maximum atomic E-state index is 12.2. The van der Waals surface area contributed by atoms with Crippen LogP contribution in [0, 0.1) is 0 Å². The number of hydrogen-bond donors (Lipinski definition) is 2. The molecule has 1 fully saturated rings. The molecule has 1 saturated heterocycles. The quantitative estimate of drug-likeness (QED) is 0.861. The van der Waals surface area contributed by atoms with Gasteiger partial charge < -0.3 is 10.4 Å². The van der Waals surface area contributed by atoms with Gasteiger partial charge in [-0.3, -0.25) is 9.69 Å². The van der Waals surface area contributed by atoms with Gasteiger partial charge >= 0.3 is 0 Å². The molecule has 2 aromatic carbocycles. The number of benzene rings is 2. The maximum Gasteiger partial charge on any atom is 0.224 e. The summed E-state index contributed by atoms with van der Waals surface area (Å²) >= 11 is 0. The van der Waals surface area contributed by atoms with Gasteiger partial charge in [0.2, 0.25) is 5.91 Å². The molecule has 0 bridgehead atoms. The summed E-state index contributed by atoms with van der Waals surface area (Å²) in [4.78, 5) is 14.6. The molecule has 3 rings (SSSR count). The number of nitrogens with zero attached hydrogens (tertiary/aromatic N) is 1. The molecule has 2 N–H and O–H groups in total. The fourth-order valence-electron chi connectivity index (χ4n) is 3.15. The lowest BCUT2D eigenvalue weighted by atomic mass is 10.0. The van der Waals surface area contributed by atoms with Gasteiger partial charge in [-0.15, -0.1) is 12.4 Å². The lowest BCUT2D eigenvalue weighted by Crippen LogP contribution is -2.44. The smallest absolute Gasteiger partial charge is 0.224 e. The number of hydrogen-bond acceptors (Lipinski definition) is 3. The van der Waals surface area contributed by atoms with E-state index in [0.717, 1.165) is 38.0 Å². The van der Waals surface area contributed by atoms with E-state index in [1.54, 1.807) is 24.3 Å². The molecule has 0 atom stereocenters. The molecule has 0 aromatic heterocycles. The van der Waals surface area contributed by atoms with E-state index in [4.69, 9.17) is 0 Å². The van der Waals surface area contributed by atoms with Crippen LogP contribution in [0.3, 0.4) is 0 Å². The number of likely N-dealkylation sites (tertiary alicyclic amines) is 1. The lowest BCUT2D eigenvalue weighted by molar-refractivity contribution is -0.121. The van der Waals surface area contributed by atoms with Gasteiger partial charge in [0, 0.05) is 25.7 Å². The number of piperidine rings is 1. The molecule has 1 amide bonds. The van der Waals surface area contributed by atoms with Crippen molar-refractivity contribution >= 4 is 18.3 Å². The molecule has 25 heavy (non-hydrogen) atoms. The second kappa shape index (κ2) is 9.44. The van der Waals surface area contributed by atoms with Crippen molar-refractivity contribution in [3.05, 3.63) is 65.7 Å². The first-order chi connectivity index (χ1) is 11.7. The Morgan fingerprint density at radius 2 is 1.64 bits per heavy atom. The van der Waals surface area contributed by atoms with Crippen molar-refractivity contribution in [3.63, 3.8) is 0 Å². The van der Waals surface area contributed by atoms with E-state index < -0.39 is 0 Å². The van der Waals surface area contributed by atoms with Crippen molar-refractivity contribution in [2.75, 3.05) is 13.1 Å².